The van der Waals surface area contributed by atoms with Crippen molar-refractivity contribution in [1.82, 2.24) is 40.6 Å². The molecule has 0 aliphatic carbocycles. The molecule has 0 unspecified atom stereocenters. The summed E-state index contributed by atoms with van der Waals surface area (Å²) in [7, 11) is 0. The Labute approximate surface area is 399 Å². The number of aromatic nitrogens is 2. The van der Waals surface area contributed by atoms with Crippen LogP contribution in [0.25, 0.3) is 22.3 Å². The maximum Gasteiger partial charge on any atom is 0.340 e. The summed E-state index contributed by atoms with van der Waals surface area (Å²) in [5.41, 5.74) is 3.35. The smallest absolute Gasteiger partial charge is 0.340 e. The largest absolute Gasteiger partial charge is 0.458 e. The second-order valence-corrected chi connectivity index (χ2v) is 16.8. The summed E-state index contributed by atoms with van der Waals surface area (Å²) in [5, 5.41) is 21.1. The number of rotatable bonds is 22. The molecule has 0 fully saturated rings. The molecule has 0 radical (unpaired) electrons. The van der Waals surface area contributed by atoms with E-state index in [-0.39, 0.29) is 86.5 Å². The fraction of sp³-hybridized carbons (Fsp3) is 0.347. The number of esters is 1. The topological polar surface area (TPSA) is 265 Å². The minimum atomic E-state index is -1.72. The van der Waals surface area contributed by atoms with Crippen molar-refractivity contribution in [3.8, 4) is 11.4 Å². The van der Waals surface area contributed by atoms with Crippen molar-refractivity contribution in [2.24, 2.45) is 0 Å². The summed E-state index contributed by atoms with van der Waals surface area (Å²) < 4.78 is 27.4. The standard InChI is InChI=1S/C49H51FN8O12/c1-3-10-30-44-34(25-70-49(68)47(44)66)48(67)58-24-33-32(31-17-28(2)35(50)18-36(31)55-45(33)46(30)58)23-56(22-29-11-6-4-7-12-29)43(65)26-69-27-54-40(62)21-53-39(61)20-52-38(60)19-51-37(59)13-8-5-9-16-57-41(63)14-15-42(57)64/h3-4,6-7,11-12,14-15,17-18,47,66H,1,5,8-10,13,16,19-27H2,2H3,(H,51,59)(H,52,60)(H,53,61)(H,54,62)/t47-/m0/s1. The Morgan fingerprint density at radius 2 is 1.56 bits per heavy atom. The van der Waals surface area contributed by atoms with Gasteiger partial charge in [-0.05, 0) is 54.5 Å². The van der Waals surface area contributed by atoms with E-state index in [0.29, 0.717) is 58.3 Å². The van der Waals surface area contributed by atoms with Gasteiger partial charge in [-0.15, -0.1) is 6.58 Å². The molecule has 70 heavy (non-hydrogen) atoms. The van der Waals surface area contributed by atoms with Crippen LogP contribution in [0.1, 0.15) is 70.7 Å². The first-order valence-corrected chi connectivity index (χ1v) is 22.5. The average Bonchev–Trinajstić information content (AvgIpc) is 3.89. The second-order valence-electron chi connectivity index (χ2n) is 16.8. The summed E-state index contributed by atoms with van der Waals surface area (Å²) in [4.78, 5) is 121. The molecule has 1 atom stereocenters. The van der Waals surface area contributed by atoms with E-state index in [1.165, 1.54) is 27.7 Å². The molecular formula is C49H51FN8O12. The van der Waals surface area contributed by atoms with Gasteiger partial charge in [-0.3, -0.25) is 43.3 Å². The molecule has 5 heterocycles. The molecule has 0 saturated carbocycles. The summed E-state index contributed by atoms with van der Waals surface area (Å²) in [6.45, 7) is 3.18. The first kappa shape index (κ1) is 50.0. The fourth-order valence-corrected chi connectivity index (χ4v) is 8.42. The Morgan fingerprint density at radius 1 is 0.886 bits per heavy atom. The number of cyclic esters (lactones) is 1. The van der Waals surface area contributed by atoms with E-state index in [1.807, 2.05) is 30.3 Å². The molecule has 366 valence electrons. The van der Waals surface area contributed by atoms with E-state index < -0.39 is 73.5 Å². The zero-order chi connectivity index (χ0) is 50.1. The highest BCUT2D eigenvalue weighted by Crippen LogP contribution is 2.42. The molecule has 20 nitrogen and oxygen atoms in total. The highest BCUT2D eigenvalue weighted by Gasteiger charge is 2.38. The van der Waals surface area contributed by atoms with E-state index >= 15 is 4.39 Å². The lowest BCUT2D eigenvalue weighted by molar-refractivity contribution is -0.157. The number of pyridine rings is 2. The number of carbonyl (C=O) groups is 8. The van der Waals surface area contributed by atoms with Crippen LogP contribution in [0.5, 0.6) is 0 Å². The summed E-state index contributed by atoms with van der Waals surface area (Å²) in [6.07, 6.45) is 4.12. The minimum absolute atomic E-state index is 0.00799. The van der Waals surface area contributed by atoms with E-state index in [0.717, 1.165) is 10.5 Å². The number of aliphatic hydroxyl groups is 1. The number of aliphatic hydroxyl groups excluding tert-OH is 1. The van der Waals surface area contributed by atoms with E-state index in [2.05, 4.69) is 27.8 Å². The Bertz CT molecular complexity index is 2860. The van der Waals surface area contributed by atoms with Gasteiger partial charge in [0.05, 0.1) is 48.6 Å². The number of unbranched alkanes of at least 4 members (excludes halogenated alkanes) is 2. The van der Waals surface area contributed by atoms with E-state index in [9.17, 15) is 48.3 Å². The molecule has 7 amide bonds. The van der Waals surface area contributed by atoms with Gasteiger partial charge in [-0.2, -0.15) is 0 Å². The lowest BCUT2D eigenvalue weighted by atomic mass is 9.91. The minimum Gasteiger partial charge on any atom is -0.458 e. The van der Waals surface area contributed by atoms with Crippen LogP contribution in [0.15, 0.2) is 72.1 Å². The maximum atomic E-state index is 15.2. The van der Waals surface area contributed by atoms with Crippen LogP contribution in [0.2, 0.25) is 0 Å². The SMILES string of the molecule is C=CCc1c2c(c(=O)n3c1-c1nc4cc(F)c(C)cc4c(CN(Cc4ccccc4)C(=O)COCNC(=O)CNC(=O)CNC(=O)CNC(=O)CCCCCN4C(=O)C=CC4=O)c1C3)COC(=O)[C@H]2O. The first-order valence-electron chi connectivity index (χ1n) is 22.5. The van der Waals surface area contributed by atoms with Gasteiger partial charge in [0.15, 0.2) is 6.10 Å². The third-order valence-electron chi connectivity index (χ3n) is 12.0. The summed E-state index contributed by atoms with van der Waals surface area (Å²) in [6, 6.07) is 12.0. The van der Waals surface area contributed by atoms with Crippen molar-refractivity contribution in [2.45, 2.75) is 71.4 Å². The van der Waals surface area contributed by atoms with Crippen LogP contribution in [0, 0.1) is 12.7 Å². The Kier molecular flexibility index (Phi) is 16.0. The van der Waals surface area contributed by atoms with Gasteiger partial charge in [-0.25, -0.2) is 14.2 Å². The second kappa shape index (κ2) is 22.5. The number of amides is 7. The molecule has 3 aliphatic heterocycles. The number of nitrogens with zero attached hydrogens (tertiary/aromatic N) is 4. The highest BCUT2D eigenvalue weighted by atomic mass is 19.1. The predicted octanol–water partition coefficient (Wildman–Crippen LogP) is 1.14. The zero-order valence-corrected chi connectivity index (χ0v) is 38.3. The number of halogens is 1. The van der Waals surface area contributed by atoms with Crippen LogP contribution < -0.4 is 26.8 Å². The lowest BCUT2D eigenvalue weighted by Crippen LogP contribution is -2.44. The molecule has 0 saturated heterocycles. The third-order valence-corrected chi connectivity index (χ3v) is 12.0. The molecule has 21 heteroatoms. The first-order chi connectivity index (χ1) is 33.6. The summed E-state index contributed by atoms with van der Waals surface area (Å²) >= 11 is 0. The van der Waals surface area contributed by atoms with Gasteiger partial charge in [0.25, 0.3) is 17.4 Å². The van der Waals surface area contributed by atoms with Gasteiger partial charge in [0, 0.05) is 60.8 Å². The highest BCUT2D eigenvalue weighted by molar-refractivity contribution is 6.12. The Hall–Kier alpha value is -7.91. The van der Waals surface area contributed by atoms with Crippen molar-refractivity contribution in [3.63, 3.8) is 0 Å². The monoisotopic (exact) mass is 962 g/mol. The molecule has 2 aromatic carbocycles. The number of aryl methyl sites for hydroxylation is 1. The van der Waals surface area contributed by atoms with Gasteiger partial charge in [0.2, 0.25) is 29.5 Å². The third kappa shape index (κ3) is 11.5. The quantitative estimate of drug-likeness (QED) is 0.0215. The Morgan fingerprint density at radius 3 is 2.24 bits per heavy atom. The molecule has 3 aliphatic rings. The lowest BCUT2D eigenvalue weighted by Gasteiger charge is -2.25. The predicted molar refractivity (Wildman–Crippen MR) is 247 cm³/mol. The van der Waals surface area contributed by atoms with Crippen LogP contribution >= 0.6 is 0 Å². The molecular weight excluding hydrogens is 912 g/mol. The number of hydrogen-bond acceptors (Lipinski definition) is 13. The number of benzene rings is 2. The van der Waals surface area contributed by atoms with E-state index in [4.69, 9.17) is 14.5 Å². The maximum absolute atomic E-state index is 15.2. The average molecular weight is 963 g/mol. The number of carbonyl (C=O) groups excluding carboxylic acids is 8. The summed E-state index contributed by atoms with van der Waals surface area (Å²) in [5.74, 6) is -5.02. The Balaban J connectivity index is 0.938. The van der Waals surface area contributed by atoms with Crippen molar-refractivity contribution in [3.05, 3.63) is 122 Å². The molecule has 0 spiro atoms. The van der Waals surface area contributed by atoms with Crippen molar-refractivity contribution in [2.75, 3.05) is 39.5 Å². The molecule has 0 bridgehead atoms. The van der Waals surface area contributed by atoms with Crippen molar-refractivity contribution >= 4 is 58.2 Å². The molecule has 4 aromatic rings. The molecule has 2 aromatic heterocycles. The number of nitrogens with one attached hydrogen (secondary N) is 4. The zero-order valence-electron chi connectivity index (χ0n) is 38.3. The molecule has 7 rings (SSSR count). The van der Waals surface area contributed by atoms with E-state index in [1.54, 1.807) is 19.1 Å². The van der Waals surface area contributed by atoms with Crippen LogP contribution in [0.4, 0.5) is 4.39 Å². The van der Waals surface area contributed by atoms with Gasteiger partial charge >= 0.3 is 5.97 Å². The van der Waals surface area contributed by atoms with Crippen LogP contribution in [-0.4, -0.2) is 111 Å². The number of hydrogen-bond donors (Lipinski definition) is 5. The molecule has 5 N–H and O–H groups in total. The number of allylic oxidation sites excluding steroid dienone is 1. The van der Waals surface area contributed by atoms with Crippen LogP contribution in [-0.2, 0) is 80.5 Å². The van der Waals surface area contributed by atoms with Gasteiger partial charge in [0.1, 0.15) is 25.8 Å². The normalized spacial score (nSPS) is 14.4. The number of ether oxygens (including phenoxy) is 2. The van der Waals surface area contributed by atoms with Gasteiger partial charge in [-0.1, -0.05) is 42.8 Å². The fourth-order valence-electron chi connectivity index (χ4n) is 8.42. The number of imide groups is 1. The van der Waals surface area contributed by atoms with Crippen molar-refractivity contribution < 1.29 is 57.3 Å². The van der Waals surface area contributed by atoms with Crippen molar-refractivity contribution in [1.29, 1.82) is 0 Å². The van der Waals surface area contributed by atoms with Crippen LogP contribution in [0.3, 0.4) is 0 Å². The van der Waals surface area contributed by atoms with Gasteiger partial charge < -0.3 is 45.3 Å². The number of fused-ring (bicyclic) bond motifs is 5.